The zero-order valence-electron chi connectivity index (χ0n) is 21.2. The molecular formula is C28H26F2N4O5. The standard InChI is InChI=1S/C28H26F2N4O5/c1-16(33-27(36)28(2,29)30)25(17-6-9-23-24(14-17)38-11-10-37-23)39-21-7-8-22-19(13-21)15-32-34(22)20-5-3-4-18(12-20)26(31)35/h3-9,12-16,25H,10-11H2,1-2H3,(H2,31,35)(H,33,36)/t16-,25-/m0/s1. The maximum absolute atomic E-state index is 13.7. The average Bonchev–Trinajstić information content (AvgIpc) is 3.34. The topological polar surface area (TPSA) is 118 Å². The fourth-order valence-corrected chi connectivity index (χ4v) is 4.33. The van der Waals surface area contributed by atoms with Gasteiger partial charge >= 0.3 is 5.92 Å². The Morgan fingerprint density at radius 1 is 1.08 bits per heavy atom. The number of carbonyl (C=O) groups excluding carboxylic acids is 2. The minimum Gasteiger partial charge on any atom is -0.486 e. The van der Waals surface area contributed by atoms with Gasteiger partial charge in [0.25, 0.3) is 5.91 Å². The zero-order valence-corrected chi connectivity index (χ0v) is 21.2. The number of halogens is 2. The number of ether oxygens (including phenoxy) is 3. The molecule has 3 aromatic carbocycles. The van der Waals surface area contributed by atoms with Gasteiger partial charge in [0.1, 0.15) is 25.1 Å². The smallest absolute Gasteiger partial charge is 0.321 e. The van der Waals surface area contributed by atoms with E-state index >= 15 is 0 Å². The molecule has 0 fully saturated rings. The van der Waals surface area contributed by atoms with E-state index in [-0.39, 0.29) is 0 Å². The molecule has 0 unspecified atom stereocenters. The number of alkyl halides is 2. The molecule has 0 saturated heterocycles. The molecule has 5 rings (SSSR count). The fourth-order valence-electron chi connectivity index (χ4n) is 4.33. The largest absolute Gasteiger partial charge is 0.486 e. The first-order chi connectivity index (χ1) is 18.6. The number of aromatic nitrogens is 2. The Morgan fingerprint density at radius 2 is 1.85 bits per heavy atom. The lowest BCUT2D eigenvalue weighted by Gasteiger charge is -2.28. The van der Waals surface area contributed by atoms with Crippen LogP contribution < -0.4 is 25.3 Å². The quantitative estimate of drug-likeness (QED) is 0.349. The normalized spacial score (nSPS) is 14.5. The Kier molecular flexibility index (Phi) is 6.81. The lowest BCUT2D eigenvalue weighted by atomic mass is 10.0. The van der Waals surface area contributed by atoms with Gasteiger partial charge < -0.3 is 25.3 Å². The molecule has 2 amide bonds. The summed E-state index contributed by atoms with van der Waals surface area (Å²) < 4.78 is 46.5. The van der Waals surface area contributed by atoms with Crippen LogP contribution >= 0.6 is 0 Å². The van der Waals surface area contributed by atoms with E-state index in [2.05, 4.69) is 10.4 Å². The molecule has 0 radical (unpaired) electrons. The van der Waals surface area contributed by atoms with Crippen LogP contribution in [0.25, 0.3) is 16.6 Å². The highest BCUT2D eigenvalue weighted by Crippen LogP contribution is 2.36. The molecule has 0 saturated carbocycles. The first-order valence-corrected chi connectivity index (χ1v) is 12.2. The van der Waals surface area contributed by atoms with Gasteiger partial charge in [0.15, 0.2) is 11.5 Å². The minimum atomic E-state index is -3.55. The van der Waals surface area contributed by atoms with Gasteiger partial charge in [-0.3, -0.25) is 9.59 Å². The summed E-state index contributed by atoms with van der Waals surface area (Å²) in [4.78, 5) is 23.7. The molecule has 9 nitrogen and oxygen atoms in total. The number of amides is 2. The molecule has 3 N–H and O–H groups in total. The third kappa shape index (κ3) is 5.47. The molecule has 1 aromatic heterocycles. The van der Waals surface area contributed by atoms with E-state index in [1.807, 2.05) is 0 Å². The van der Waals surface area contributed by atoms with Crippen molar-refractivity contribution in [3.8, 4) is 22.9 Å². The van der Waals surface area contributed by atoms with E-state index in [0.717, 1.165) is 10.9 Å². The van der Waals surface area contributed by atoms with Gasteiger partial charge in [-0.25, -0.2) is 4.68 Å². The molecule has 1 aliphatic rings. The van der Waals surface area contributed by atoms with Crippen molar-refractivity contribution in [3.63, 3.8) is 0 Å². The number of fused-ring (bicyclic) bond motifs is 2. The van der Waals surface area contributed by atoms with Crippen molar-refractivity contribution >= 4 is 22.7 Å². The van der Waals surface area contributed by atoms with Crippen molar-refractivity contribution in [3.05, 3.63) is 78.0 Å². The van der Waals surface area contributed by atoms with E-state index in [4.69, 9.17) is 19.9 Å². The molecule has 11 heteroatoms. The van der Waals surface area contributed by atoms with Crippen molar-refractivity contribution < 1.29 is 32.6 Å². The summed E-state index contributed by atoms with van der Waals surface area (Å²) in [5.41, 5.74) is 7.76. The third-order valence-corrected chi connectivity index (χ3v) is 6.28. The summed E-state index contributed by atoms with van der Waals surface area (Å²) in [6.45, 7) is 2.93. The van der Waals surface area contributed by atoms with Crippen LogP contribution in [-0.4, -0.2) is 46.8 Å². The summed E-state index contributed by atoms with van der Waals surface area (Å²) in [5, 5.41) is 7.52. The summed E-state index contributed by atoms with van der Waals surface area (Å²) in [6, 6.07) is 16.4. The summed E-state index contributed by atoms with van der Waals surface area (Å²) in [7, 11) is 0. The Balaban J connectivity index is 1.47. The van der Waals surface area contributed by atoms with Crippen LogP contribution in [0, 0.1) is 0 Å². The van der Waals surface area contributed by atoms with Gasteiger partial charge in [-0.1, -0.05) is 12.1 Å². The van der Waals surface area contributed by atoms with Crippen LogP contribution in [-0.2, 0) is 4.79 Å². The third-order valence-electron chi connectivity index (χ3n) is 6.28. The molecule has 4 aromatic rings. The Morgan fingerprint density at radius 3 is 2.59 bits per heavy atom. The number of hydrogen-bond donors (Lipinski definition) is 2. The second-order valence-electron chi connectivity index (χ2n) is 9.28. The number of rotatable bonds is 8. The van der Waals surface area contributed by atoms with Gasteiger partial charge in [-0.15, -0.1) is 0 Å². The van der Waals surface area contributed by atoms with Crippen LogP contribution in [0.3, 0.4) is 0 Å². The predicted molar refractivity (Wildman–Crippen MR) is 139 cm³/mol. The van der Waals surface area contributed by atoms with E-state index in [9.17, 15) is 18.4 Å². The molecule has 0 spiro atoms. The number of carbonyl (C=O) groups is 2. The number of nitrogens with zero attached hydrogens (tertiary/aromatic N) is 2. The number of benzene rings is 3. The predicted octanol–water partition coefficient (Wildman–Crippen LogP) is 4.18. The van der Waals surface area contributed by atoms with Crippen molar-refractivity contribution in [2.75, 3.05) is 13.2 Å². The number of hydrogen-bond acceptors (Lipinski definition) is 6. The van der Waals surface area contributed by atoms with Gasteiger partial charge in [-0.05, 0) is 61.0 Å². The summed E-state index contributed by atoms with van der Waals surface area (Å²) in [6.07, 6.45) is 0.799. The second kappa shape index (κ2) is 10.2. The van der Waals surface area contributed by atoms with E-state index in [1.165, 1.54) is 0 Å². The maximum atomic E-state index is 13.7. The van der Waals surface area contributed by atoms with Crippen LogP contribution in [0.2, 0.25) is 0 Å². The number of nitrogens with one attached hydrogen (secondary N) is 1. The second-order valence-corrected chi connectivity index (χ2v) is 9.28. The molecule has 2 heterocycles. The highest BCUT2D eigenvalue weighted by atomic mass is 19.3. The molecular weight excluding hydrogens is 510 g/mol. The lowest BCUT2D eigenvalue weighted by molar-refractivity contribution is -0.144. The average molecular weight is 537 g/mol. The zero-order chi connectivity index (χ0) is 27.7. The first kappa shape index (κ1) is 26.0. The lowest BCUT2D eigenvalue weighted by Crippen LogP contribution is -2.46. The van der Waals surface area contributed by atoms with Gasteiger partial charge in [0.2, 0.25) is 5.91 Å². The Labute approximate surface area is 222 Å². The van der Waals surface area contributed by atoms with E-state index in [0.29, 0.717) is 54.2 Å². The van der Waals surface area contributed by atoms with Crippen molar-refractivity contribution in [1.29, 1.82) is 0 Å². The van der Waals surface area contributed by atoms with Crippen LogP contribution in [0.1, 0.15) is 35.9 Å². The minimum absolute atomic E-state index is 0.354. The van der Waals surface area contributed by atoms with E-state index < -0.39 is 29.9 Å². The number of nitrogens with two attached hydrogens (primary N) is 1. The Bertz CT molecular complexity index is 1550. The van der Waals surface area contributed by atoms with Crippen molar-refractivity contribution in [2.24, 2.45) is 5.73 Å². The number of primary amides is 1. The summed E-state index contributed by atoms with van der Waals surface area (Å²) in [5.74, 6) is -4.01. The molecule has 202 valence electrons. The van der Waals surface area contributed by atoms with E-state index in [1.54, 1.807) is 78.5 Å². The first-order valence-electron chi connectivity index (χ1n) is 12.2. The molecule has 0 aliphatic carbocycles. The fraction of sp³-hybridized carbons (Fsp3) is 0.250. The molecule has 39 heavy (non-hydrogen) atoms. The molecule has 2 atom stereocenters. The molecule has 1 aliphatic heterocycles. The van der Waals surface area contributed by atoms with Gasteiger partial charge in [0.05, 0.1) is 23.4 Å². The van der Waals surface area contributed by atoms with Gasteiger partial charge in [-0.2, -0.15) is 13.9 Å². The monoisotopic (exact) mass is 536 g/mol. The molecule has 0 bridgehead atoms. The van der Waals surface area contributed by atoms with Crippen molar-refractivity contribution in [2.45, 2.75) is 31.9 Å². The highest BCUT2D eigenvalue weighted by molar-refractivity contribution is 5.93. The van der Waals surface area contributed by atoms with Crippen molar-refractivity contribution in [1.82, 2.24) is 15.1 Å². The highest BCUT2D eigenvalue weighted by Gasteiger charge is 2.35. The van der Waals surface area contributed by atoms with Crippen LogP contribution in [0.15, 0.2) is 66.9 Å². The maximum Gasteiger partial charge on any atom is 0.321 e. The van der Waals surface area contributed by atoms with Crippen LogP contribution in [0.5, 0.6) is 17.2 Å². The Hall–Kier alpha value is -4.67. The SMILES string of the molecule is C[C@H](NC(=O)C(C)(F)F)[C@H](Oc1ccc2c(cnn2-c2cccc(C(N)=O)c2)c1)c1ccc2c(c1)OCCO2. The van der Waals surface area contributed by atoms with Crippen LogP contribution in [0.4, 0.5) is 8.78 Å². The van der Waals surface area contributed by atoms with Gasteiger partial charge in [0, 0.05) is 17.9 Å². The summed E-state index contributed by atoms with van der Waals surface area (Å²) >= 11 is 0.